The van der Waals surface area contributed by atoms with E-state index in [-0.39, 0.29) is 24.8 Å². The molecule has 3 heterocycles. The fourth-order valence-electron chi connectivity index (χ4n) is 4.92. The third-order valence-electron chi connectivity index (χ3n) is 6.32. The molecule has 0 saturated carbocycles. The molecule has 5 rings (SSSR count). The summed E-state index contributed by atoms with van der Waals surface area (Å²) in [6.45, 7) is 0.275. The summed E-state index contributed by atoms with van der Waals surface area (Å²) in [6, 6.07) is 19.6. The van der Waals surface area contributed by atoms with E-state index in [4.69, 9.17) is 4.74 Å². The van der Waals surface area contributed by atoms with Crippen molar-refractivity contribution in [2.75, 3.05) is 0 Å². The van der Waals surface area contributed by atoms with Crippen LogP contribution in [0.1, 0.15) is 36.8 Å². The third kappa shape index (κ3) is 3.36. The molecule has 2 aliphatic rings. The van der Waals surface area contributed by atoms with E-state index in [9.17, 15) is 9.90 Å². The molecule has 1 N–H and O–H groups in total. The minimum Gasteiger partial charge on any atom is -0.445 e. The Morgan fingerprint density at radius 2 is 1.83 bits per heavy atom. The smallest absolute Gasteiger partial charge is 0.410 e. The van der Waals surface area contributed by atoms with Gasteiger partial charge in [0.1, 0.15) is 6.61 Å². The van der Waals surface area contributed by atoms with Crippen molar-refractivity contribution in [3.05, 3.63) is 78.0 Å². The van der Waals surface area contributed by atoms with Crippen molar-refractivity contribution in [2.24, 2.45) is 0 Å². The largest absolute Gasteiger partial charge is 0.445 e. The van der Waals surface area contributed by atoms with Crippen molar-refractivity contribution >= 4 is 17.0 Å². The van der Waals surface area contributed by atoms with Crippen molar-refractivity contribution in [3.8, 4) is 0 Å². The molecular weight excluding hydrogens is 364 g/mol. The highest BCUT2D eigenvalue weighted by atomic mass is 16.6. The van der Waals surface area contributed by atoms with E-state index >= 15 is 0 Å². The lowest BCUT2D eigenvalue weighted by atomic mass is 9.80. The number of hydrogen-bond acceptors (Lipinski definition) is 4. The summed E-state index contributed by atoms with van der Waals surface area (Å²) in [5.74, 6) is 0. The van der Waals surface area contributed by atoms with Gasteiger partial charge < -0.3 is 14.7 Å². The molecule has 2 aliphatic heterocycles. The second-order valence-corrected chi connectivity index (χ2v) is 8.18. The number of fused-ring (bicyclic) bond motifs is 3. The van der Waals surface area contributed by atoms with Gasteiger partial charge in [0.15, 0.2) is 0 Å². The number of nitrogens with zero attached hydrogens (tertiary/aromatic N) is 2. The maximum atomic E-state index is 12.8. The van der Waals surface area contributed by atoms with E-state index in [0.29, 0.717) is 12.8 Å². The molecule has 148 valence electrons. The molecule has 2 aromatic carbocycles. The normalized spacial score (nSPS) is 25.9. The Bertz CT molecular complexity index is 1020. The molecule has 2 atom stereocenters. The van der Waals surface area contributed by atoms with Gasteiger partial charge in [-0.15, -0.1) is 0 Å². The standard InChI is InChI=1S/C24H24N2O3/c27-23(29-16-17-5-2-1-3-6-17)26-20-9-10-21(26)15-24(28,14-20)19-8-11-22-18(13-19)7-4-12-25-22/h1-8,11-13,20-21,28H,9-10,14-16H2. The first kappa shape index (κ1) is 18.1. The Morgan fingerprint density at radius 3 is 2.59 bits per heavy atom. The molecule has 5 heteroatoms. The van der Waals surface area contributed by atoms with Gasteiger partial charge in [-0.2, -0.15) is 0 Å². The monoisotopic (exact) mass is 388 g/mol. The van der Waals surface area contributed by atoms with Crippen LogP contribution in [0.25, 0.3) is 10.9 Å². The molecule has 2 unspecified atom stereocenters. The number of aliphatic hydroxyl groups is 1. The second-order valence-electron chi connectivity index (χ2n) is 8.18. The predicted octanol–water partition coefficient (Wildman–Crippen LogP) is 4.39. The minimum absolute atomic E-state index is 0.00613. The highest BCUT2D eigenvalue weighted by Gasteiger charge is 2.50. The molecule has 3 aromatic rings. The zero-order valence-electron chi connectivity index (χ0n) is 16.2. The van der Waals surface area contributed by atoms with Crippen LogP contribution in [-0.2, 0) is 16.9 Å². The molecular formula is C24H24N2O3. The molecule has 0 radical (unpaired) electrons. The van der Waals surface area contributed by atoms with Crippen LogP contribution in [0.3, 0.4) is 0 Å². The van der Waals surface area contributed by atoms with Gasteiger partial charge in [0.2, 0.25) is 0 Å². The molecule has 0 spiro atoms. The zero-order valence-corrected chi connectivity index (χ0v) is 16.2. The van der Waals surface area contributed by atoms with Crippen LogP contribution >= 0.6 is 0 Å². The van der Waals surface area contributed by atoms with Crippen LogP contribution in [-0.4, -0.2) is 33.2 Å². The van der Waals surface area contributed by atoms with Crippen LogP contribution in [0, 0.1) is 0 Å². The fraction of sp³-hybridized carbons (Fsp3) is 0.333. The van der Waals surface area contributed by atoms with E-state index < -0.39 is 5.60 Å². The van der Waals surface area contributed by atoms with Gasteiger partial charge in [0.05, 0.1) is 11.1 Å². The average molecular weight is 388 g/mol. The summed E-state index contributed by atoms with van der Waals surface area (Å²) in [6.07, 6.45) is 4.39. The number of benzene rings is 2. The average Bonchev–Trinajstić information content (AvgIpc) is 3.04. The van der Waals surface area contributed by atoms with Gasteiger partial charge in [-0.3, -0.25) is 4.98 Å². The molecule has 1 aromatic heterocycles. The van der Waals surface area contributed by atoms with Gasteiger partial charge in [-0.25, -0.2) is 4.79 Å². The van der Waals surface area contributed by atoms with Crippen LogP contribution < -0.4 is 0 Å². The van der Waals surface area contributed by atoms with Gasteiger partial charge in [-0.05, 0) is 42.2 Å². The summed E-state index contributed by atoms with van der Waals surface area (Å²) in [7, 11) is 0. The number of rotatable bonds is 3. The van der Waals surface area contributed by atoms with E-state index in [1.807, 2.05) is 65.6 Å². The number of hydrogen-bond donors (Lipinski definition) is 1. The van der Waals surface area contributed by atoms with E-state index in [2.05, 4.69) is 4.98 Å². The lowest BCUT2D eigenvalue weighted by molar-refractivity contribution is -0.0536. The first-order valence-electron chi connectivity index (χ1n) is 10.2. The number of aromatic nitrogens is 1. The Morgan fingerprint density at radius 1 is 1.07 bits per heavy atom. The Hall–Kier alpha value is -2.92. The predicted molar refractivity (Wildman–Crippen MR) is 110 cm³/mol. The van der Waals surface area contributed by atoms with Crippen molar-refractivity contribution in [3.63, 3.8) is 0 Å². The van der Waals surface area contributed by atoms with Gasteiger partial charge in [0, 0.05) is 36.5 Å². The van der Waals surface area contributed by atoms with Gasteiger partial charge in [-0.1, -0.05) is 42.5 Å². The number of amides is 1. The van der Waals surface area contributed by atoms with Crippen LogP contribution in [0.15, 0.2) is 66.9 Å². The van der Waals surface area contributed by atoms with Crippen molar-refractivity contribution in [2.45, 2.75) is 50.0 Å². The van der Waals surface area contributed by atoms with Gasteiger partial charge >= 0.3 is 6.09 Å². The van der Waals surface area contributed by atoms with Crippen LogP contribution in [0.4, 0.5) is 4.79 Å². The topological polar surface area (TPSA) is 62.7 Å². The maximum Gasteiger partial charge on any atom is 0.410 e. The minimum atomic E-state index is -0.925. The van der Waals surface area contributed by atoms with Gasteiger partial charge in [0.25, 0.3) is 0 Å². The first-order chi connectivity index (χ1) is 14.1. The molecule has 1 amide bonds. The summed E-state index contributed by atoms with van der Waals surface area (Å²) in [5, 5.41) is 12.5. The Kier molecular flexibility index (Phi) is 4.47. The summed E-state index contributed by atoms with van der Waals surface area (Å²) < 4.78 is 5.58. The Balaban J connectivity index is 1.32. The SMILES string of the molecule is O=C(OCc1ccccc1)N1C2CCC1CC(O)(c1ccc3ncccc3c1)C2. The number of ether oxygens (including phenoxy) is 1. The number of carbonyl (C=O) groups excluding carboxylic acids is 1. The zero-order chi connectivity index (χ0) is 19.8. The first-order valence-corrected chi connectivity index (χ1v) is 10.2. The number of pyridine rings is 1. The lowest BCUT2D eigenvalue weighted by Gasteiger charge is -2.43. The van der Waals surface area contributed by atoms with E-state index in [1.54, 1.807) is 6.20 Å². The van der Waals surface area contributed by atoms with Crippen molar-refractivity contribution < 1.29 is 14.6 Å². The molecule has 2 saturated heterocycles. The molecule has 29 heavy (non-hydrogen) atoms. The third-order valence-corrected chi connectivity index (χ3v) is 6.32. The van der Waals surface area contributed by atoms with Crippen LogP contribution in [0.5, 0.6) is 0 Å². The number of carbonyl (C=O) groups is 1. The highest BCUT2D eigenvalue weighted by Crippen LogP contribution is 2.46. The number of piperidine rings is 1. The lowest BCUT2D eigenvalue weighted by Crippen LogP contribution is -2.52. The maximum absolute atomic E-state index is 12.8. The summed E-state index contributed by atoms with van der Waals surface area (Å²) >= 11 is 0. The summed E-state index contributed by atoms with van der Waals surface area (Å²) in [4.78, 5) is 19.0. The second kappa shape index (κ2) is 7.16. The fourth-order valence-corrected chi connectivity index (χ4v) is 4.92. The van der Waals surface area contributed by atoms with Crippen LogP contribution in [0.2, 0.25) is 0 Å². The quantitative estimate of drug-likeness (QED) is 0.723. The van der Waals surface area contributed by atoms with Crippen molar-refractivity contribution in [1.29, 1.82) is 0 Å². The molecule has 2 bridgehead atoms. The van der Waals surface area contributed by atoms with Crippen molar-refractivity contribution in [1.82, 2.24) is 9.88 Å². The Labute approximate surface area is 169 Å². The molecule has 5 nitrogen and oxygen atoms in total. The molecule has 0 aliphatic carbocycles. The van der Waals surface area contributed by atoms with E-state index in [1.165, 1.54) is 0 Å². The summed E-state index contributed by atoms with van der Waals surface area (Å²) in [5.41, 5.74) is 1.88. The molecule has 2 fully saturated rings. The highest BCUT2D eigenvalue weighted by molar-refractivity contribution is 5.79. The van der Waals surface area contributed by atoms with E-state index in [0.717, 1.165) is 34.9 Å².